The van der Waals surface area contributed by atoms with E-state index in [1.54, 1.807) is 6.92 Å². The molecule has 1 aliphatic heterocycles. The first kappa shape index (κ1) is 19.8. The van der Waals surface area contributed by atoms with E-state index in [9.17, 15) is 12.8 Å². The SMILES string of the molecule is Cc1cc(S(=O)(=O)NCCCc2ccc(N3CCCCC3)cc2)ccc1F. The van der Waals surface area contributed by atoms with Gasteiger partial charge < -0.3 is 4.90 Å². The Bertz CT molecular complexity index is 860. The standard InChI is InChI=1S/C21H27FN2O2S/c1-17-16-20(11-12-21(17)22)27(25,26)23-13-5-6-18-7-9-19(10-8-18)24-14-3-2-4-15-24/h7-12,16,23H,2-6,13-15H2,1H3. The number of anilines is 1. The summed E-state index contributed by atoms with van der Waals surface area (Å²) in [5, 5.41) is 0. The zero-order valence-corrected chi connectivity index (χ0v) is 16.6. The molecule has 6 heteroatoms. The Labute approximate surface area is 161 Å². The fourth-order valence-corrected chi connectivity index (χ4v) is 4.55. The molecule has 2 aromatic rings. The molecule has 0 unspecified atom stereocenters. The van der Waals surface area contributed by atoms with Crippen molar-refractivity contribution in [3.8, 4) is 0 Å². The Morgan fingerprint density at radius 1 is 1.04 bits per heavy atom. The van der Waals surface area contributed by atoms with Crippen molar-refractivity contribution in [1.29, 1.82) is 0 Å². The molecule has 1 saturated heterocycles. The molecule has 3 rings (SSSR count). The molecule has 146 valence electrons. The lowest BCUT2D eigenvalue weighted by molar-refractivity contribution is 0.577. The van der Waals surface area contributed by atoms with Crippen LogP contribution in [0, 0.1) is 12.7 Å². The number of hydrogen-bond donors (Lipinski definition) is 1. The van der Waals surface area contributed by atoms with Crippen molar-refractivity contribution in [1.82, 2.24) is 4.72 Å². The number of nitrogens with one attached hydrogen (secondary N) is 1. The predicted molar refractivity (Wildman–Crippen MR) is 107 cm³/mol. The minimum atomic E-state index is -3.60. The monoisotopic (exact) mass is 390 g/mol. The highest BCUT2D eigenvalue weighted by atomic mass is 32.2. The number of sulfonamides is 1. The summed E-state index contributed by atoms with van der Waals surface area (Å²) in [6.07, 6.45) is 5.36. The normalized spacial score (nSPS) is 15.1. The maximum Gasteiger partial charge on any atom is 0.240 e. The molecule has 0 bridgehead atoms. The second-order valence-electron chi connectivity index (χ2n) is 7.13. The molecule has 0 saturated carbocycles. The highest BCUT2D eigenvalue weighted by Crippen LogP contribution is 2.20. The minimum absolute atomic E-state index is 0.104. The third kappa shape index (κ3) is 5.30. The molecular formula is C21H27FN2O2S. The lowest BCUT2D eigenvalue weighted by atomic mass is 10.1. The van der Waals surface area contributed by atoms with E-state index in [-0.39, 0.29) is 4.90 Å². The Kier molecular flexibility index (Phi) is 6.50. The summed E-state index contributed by atoms with van der Waals surface area (Å²) < 4.78 is 40.5. The van der Waals surface area contributed by atoms with Crippen LogP contribution >= 0.6 is 0 Å². The summed E-state index contributed by atoms with van der Waals surface area (Å²) in [5.74, 6) is -0.401. The molecule has 1 heterocycles. The molecule has 4 nitrogen and oxygen atoms in total. The van der Waals surface area contributed by atoms with E-state index < -0.39 is 15.8 Å². The number of rotatable bonds is 7. The van der Waals surface area contributed by atoms with Crippen LogP contribution in [0.5, 0.6) is 0 Å². The lowest BCUT2D eigenvalue weighted by Crippen LogP contribution is -2.29. The molecule has 0 aromatic heterocycles. The van der Waals surface area contributed by atoms with E-state index in [1.165, 1.54) is 48.7 Å². The third-order valence-corrected chi connectivity index (χ3v) is 6.49. The van der Waals surface area contributed by atoms with Crippen molar-refractivity contribution < 1.29 is 12.8 Å². The van der Waals surface area contributed by atoms with Gasteiger partial charge in [0.05, 0.1) is 4.90 Å². The summed E-state index contributed by atoms with van der Waals surface area (Å²) in [6, 6.07) is 12.4. The molecule has 0 aliphatic carbocycles. The fourth-order valence-electron chi connectivity index (χ4n) is 3.39. The first-order chi connectivity index (χ1) is 13.0. The van der Waals surface area contributed by atoms with Crippen molar-refractivity contribution >= 4 is 15.7 Å². The molecule has 27 heavy (non-hydrogen) atoms. The highest BCUT2D eigenvalue weighted by Gasteiger charge is 2.14. The largest absolute Gasteiger partial charge is 0.372 e. The van der Waals surface area contributed by atoms with Gasteiger partial charge in [-0.25, -0.2) is 17.5 Å². The van der Waals surface area contributed by atoms with Gasteiger partial charge in [-0.2, -0.15) is 0 Å². The van der Waals surface area contributed by atoms with Gasteiger partial charge in [-0.3, -0.25) is 0 Å². The van der Waals surface area contributed by atoms with Crippen molar-refractivity contribution in [3.63, 3.8) is 0 Å². The Morgan fingerprint density at radius 2 is 1.74 bits per heavy atom. The zero-order chi connectivity index (χ0) is 19.3. The van der Waals surface area contributed by atoms with Crippen LogP contribution in [-0.4, -0.2) is 28.1 Å². The van der Waals surface area contributed by atoms with Crippen LogP contribution in [0.2, 0.25) is 0 Å². The maximum absolute atomic E-state index is 13.3. The Morgan fingerprint density at radius 3 is 2.41 bits per heavy atom. The topological polar surface area (TPSA) is 49.4 Å². The van der Waals surface area contributed by atoms with E-state index in [0.717, 1.165) is 19.5 Å². The molecule has 1 N–H and O–H groups in total. The summed E-state index contributed by atoms with van der Waals surface area (Å²) in [4.78, 5) is 2.53. The summed E-state index contributed by atoms with van der Waals surface area (Å²) >= 11 is 0. The summed E-state index contributed by atoms with van der Waals surface area (Å²) in [5.41, 5.74) is 2.80. The molecule has 2 aromatic carbocycles. The second kappa shape index (κ2) is 8.85. The number of benzene rings is 2. The van der Waals surface area contributed by atoms with Gasteiger partial charge in [0.25, 0.3) is 0 Å². The van der Waals surface area contributed by atoms with Gasteiger partial charge in [0.15, 0.2) is 0 Å². The average molecular weight is 391 g/mol. The van der Waals surface area contributed by atoms with Gasteiger partial charge in [-0.1, -0.05) is 12.1 Å². The van der Waals surface area contributed by atoms with Crippen LogP contribution in [0.25, 0.3) is 0 Å². The number of hydrogen-bond acceptors (Lipinski definition) is 3. The van der Waals surface area contributed by atoms with Crippen molar-refractivity contribution in [2.45, 2.75) is 43.9 Å². The van der Waals surface area contributed by atoms with Crippen LogP contribution in [0.15, 0.2) is 47.4 Å². The van der Waals surface area contributed by atoms with Crippen molar-refractivity contribution in [2.24, 2.45) is 0 Å². The summed E-state index contributed by atoms with van der Waals surface area (Å²) in [7, 11) is -3.60. The zero-order valence-electron chi connectivity index (χ0n) is 15.7. The fraction of sp³-hybridized carbons (Fsp3) is 0.429. The van der Waals surface area contributed by atoms with E-state index in [0.29, 0.717) is 18.5 Å². The van der Waals surface area contributed by atoms with Gasteiger partial charge in [0.2, 0.25) is 10.0 Å². The molecule has 0 radical (unpaired) electrons. The Balaban J connectivity index is 1.48. The van der Waals surface area contributed by atoms with Gasteiger partial charge in [0.1, 0.15) is 5.82 Å². The number of halogens is 1. The molecular weight excluding hydrogens is 363 g/mol. The lowest BCUT2D eigenvalue weighted by Gasteiger charge is -2.28. The molecule has 0 atom stereocenters. The predicted octanol–water partition coefficient (Wildman–Crippen LogP) is 4.04. The van der Waals surface area contributed by atoms with E-state index in [4.69, 9.17) is 0 Å². The van der Waals surface area contributed by atoms with E-state index in [1.807, 2.05) is 0 Å². The van der Waals surface area contributed by atoms with Crippen LogP contribution in [0.1, 0.15) is 36.8 Å². The van der Waals surface area contributed by atoms with Gasteiger partial charge >= 0.3 is 0 Å². The molecule has 1 aliphatic rings. The number of aryl methyl sites for hydroxylation is 2. The quantitative estimate of drug-likeness (QED) is 0.726. The number of piperidine rings is 1. The first-order valence-corrected chi connectivity index (χ1v) is 11.0. The maximum atomic E-state index is 13.3. The van der Waals surface area contributed by atoms with Gasteiger partial charge in [-0.15, -0.1) is 0 Å². The highest BCUT2D eigenvalue weighted by molar-refractivity contribution is 7.89. The minimum Gasteiger partial charge on any atom is -0.372 e. The van der Waals surface area contributed by atoms with Crippen LogP contribution in [0.4, 0.5) is 10.1 Å². The van der Waals surface area contributed by atoms with Crippen molar-refractivity contribution in [2.75, 3.05) is 24.5 Å². The van der Waals surface area contributed by atoms with Gasteiger partial charge in [0, 0.05) is 25.3 Å². The molecule has 0 spiro atoms. The van der Waals surface area contributed by atoms with Crippen LogP contribution in [0.3, 0.4) is 0 Å². The summed E-state index contributed by atoms with van der Waals surface area (Å²) in [6.45, 7) is 4.17. The third-order valence-electron chi connectivity index (χ3n) is 5.03. The molecule has 0 amide bonds. The second-order valence-corrected chi connectivity index (χ2v) is 8.89. The molecule has 1 fully saturated rings. The van der Waals surface area contributed by atoms with Gasteiger partial charge in [-0.05, 0) is 80.5 Å². The van der Waals surface area contributed by atoms with Crippen LogP contribution in [-0.2, 0) is 16.4 Å². The Hall–Kier alpha value is -1.92. The van der Waals surface area contributed by atoms with Crippen molar-refractivity contribution in [3.05, 3.63) is 59.4 Å². The smallest absolute Gasteiger partial charge is 0.240 e. The van der Waals surface area contributed by atoms with E-state index in [2.05, 4.69) is 33.9 Å². The van der Waals surface area contributed by atoms with E-state index >= 15 is 0 Å². The van der Waals surface area contributed by atoms with Crippen LogP contribution < -0.4 is 9.62 Å². The number of nitrogens with zero attached hydrogens (tertiary/aromatic N) is 1. The first-order valence-electron chi connectivity index (χ1n) is 9.55. The average Bonchev–Trinajstić information content (AvgIpc) is 2.68.